The lowest BCUT2D eigenvalue weighted by molar-refractivity contribution is -0.260. The number of carbonyl (C=O) groups is 3. The fraction of sp³-hybridized carbons (Fsp3) is 0.906. The summed E-state index contributed by atoms with van der Waals surface area (Å²) in [5.74, 6) is -3.88. The van der Waals surface area contributed by atoms with Gasteiger partial charge in [0.05, 0.1) is 6.42 Å². The Balaban J connectivity index is 1.81. The Morgan fingerprint density at radius 3 is 1.18 bits per heavy atom. The van der Waals surface area contributed by atoms with Crippen molar-refractivity contribution in [2.75, 3.05) is 0 Å². The number of hydrogen-bond donors (Lipinski definition) is 3. The van der Waals surface area contributed by atoms with Crippen LogP contribution in [0.4, 0.5) is 0 Å². The smallest absolute Gasteiger partial charge is 0.321 e. The third kappa shape index (κ3) is 8.09. The molecule has 0 bridgehead atoms. The van der Waals surface area contributed by atoms with Crippen LogP contribution in [0, 0.1) is 5.92 Å². The van der Waals surface area contributed by atoms with Crippen LogP contribution in [-0.2, 0) is 28.6 Å². The molecule has 0 radical (unpaired) electrons. The summed E-state index contributed by atoms with van der Waals surface area (Å²) < 4.78 is 19.7. The fourth-order valence-electron chi connectivity index (χ4n) is 7.94. The zero-order valence-corrected chi connectivity index (χ0v) is 29.8. The molecule has 0 aromatic heterocycles. The maximum atomic E-state index is 13.7. The lowest BCUT2D eigenvalue weighted by Gasteiger charge is -2.52. The van der Waals surface area contributed by atoms with Gasteiger partial charge in [-0.2, -0.15) is 10.1 Å². The first kappa shape index (κ1) is 37.0. The highest BCUT2D eigenvalue weighted by Gasteiger charge is 2.50. The van der Waals surface area contributed by atoms with Gasteiger partial charge in [-0.05, 0) is 83.1 Å². The third-order valence-electron chi connectivity index (χ3n) is 9.61. The van der Waals surface area contributed by atoms with Crippen LogP contribution in [0.3, 0.4) is 0 Å². The van der Waals surface area contributed by atoms with E-state index in [0.29, 0.717) is 38.5 Å². The predicted octanol–water partition coefficient (Wildman–Crippen LogP) is 5.31. The molecule has 44 heavy (non-hydrogen) atoms. The molecule has 3 rings (SSSR count). The summed E-state index contributed by atoms with van der Waals surface area (Å²) in [6, 6.07) is 0. The van der Waals surface area contributed by atoms with Crippen molar-refractivity contribution in [2.24, 2.45) is 5.92 Å². The Morgan fingerprint density at radius 1 is 0.591 bits per heavy atom. The van der Waals surface area contributed by atoms with Gasteiger partial charge in [-0.25, -0.2) is 4.31 Å². The maximum absolute atomic E-state index is 13.7. The molecule has 3 aliphatic rings. The van der Waals surface area contributed by atoms with Gasteiger partial charge in [0.1, 0.15) is 18.3 Å². The van der Waals surface area contributed by atoms with Crippen LogP contribution in [0.1, 0.15) is 128 Å². The van der Waals surface area contributed by atoms with E-state index in [2.05, 4.69) is 0 Å². The molecule has 0 aromatic carbocycles. The molecular weight excluding hydrogens is 586 g/mol. The minimum atomic E-state index is -1.51. The van der Waals surface area contributed by atoms with Crippen molar-refractivity contribution in [3.05, 3.63) is 0 Å². The fourth-order valence-corrected chi connectivity index (χ4v) is 8.11. The summed E-state index contributed by atoms with van der Waals surface area (Å²) in [5.41, 5.74) is -3.43. The molecule has 3 fully saturated rings. The van der Waals surface area contributed by atoms with E-state index < -0.39 is 70.7 Å². The molecule has 0 amide bonds. The van der Waals surface area contributed by atoms with E-state index in [0.717, 1.165) is 0 Å². The Labute approximate surface area is 269 Å². The monoisotopic (exact) mass is 643 g/mol. The highest BCUT2D eigenvalue weighted by molar-refractivity contribution is 7.77. The molecule has 0 aliphatic carbocycles. The van der Waals surface area contributed by atoms with Crippen LogP contribution < -0.4 is 0 Å². The summed E-state index contributed by atoms with van der Waals surface area (Å²) in [7, 11) is 0. The van der Waals surface area contributed by atoms with E-state index in [4.69, 9.17) is 27.0 Å². The average molecular weight is 644 g/mol. The number of rotatable bonds is 7. The Bertz CT molecular complexity index is 995. The molecule has 254 valence electrons. The van der Waals surface area contributed by atoms with Crippen LogP contribution in [-0.4, -0.2) is 94.3 Å². The standard InChI is InChI=1S/C32H57N3O8S/c1-27(2)14-20(15-28(3,4)33(27)39)41-24(36)13-23(25(37)42-21-16-29(5,6)34(40)30(7,8)17-21)26(38)43-22-18-31(9,10)35(44)32(11,12)19-22/h20-23,39-40,44H,13-19H2,1-12H3. The van der Waals surface area contributed by atoms with Crippen molar-refractivity contribution >= 4 is 30.7 Å². The predicted molar refractivity (Wildman–Crippen MR) is 168 cm³/mol. The lowest BCUT2D eigenvalue weighted by Crippen LogP contribution is -2.61. The summed E-state index contributed by atoms with van der Waals surface area (Å²) in [4.78, 5) is 40.8. The van der Waals surface area contributed by atoms with E-state index in [1.165, 1.54) is 10.1 Å². The van der Waals surface area contributed by atoms with Crippen LogP contribution >= 0.6 is 12.8 Å². The van der Waals surface area contributed by atoms with Crippen LogP contribution in [0.5, 0.6) is 0 Å². The van der Waals surface area contributed by atoms with Crippen molar-refractivity contribution in [1.82, 2.24) is 14.4 Å². The second-order valence-corrected chi connectivity index (χ2v) is 17.4. The van der Waals surface area contributed by atoms with Gasteiger partial charge in [-0.1, -0.05) is 12.8 Å². The summed E-state index contributed by atoms with van der Waals surface area (Å²) in [5, 5.41) is 23.9. The molecule has 1 unspecified atom stereocenters. The van der Waals surface area contributed by atoms with E-state index in [-0.39, 0.29) is 11.1 Å². The maximum Gasteiger partial charge on any atom is 0.321 e. The Kier molecular flexibility index (Phi) is 10.3. The van der Waals surface area contributed by atoms with Gasteiger partial charge in [-0.3, -0.25) is 14.4 Å². The number of ether oxygens (including phenoxy) is 3. The first-order valence-electron chi connectivity index (χ1n) is 15.8. The molecule has 0 aromatic rings. The number of hydrogen-bond acceptors (Lipinski definition) is 12. The van der Waals surface area contributed by atoms with Gasteiger partial charge in [0.15, 0.2) is 5.92 Å². The molecule has 3 aliphatic heterocycles. The van der Waals surface area contributed by atoms with Gasteiger partial charge in [0.25, 0.3) is 0 Å². The topological polar surface area (TPSA) is 129 Å². The number of thiol groups is 1. The minimum absolute atomic E-state index is 0.345. The number of esters is 3. The van der Waals surface area contributed by atoms with Crippen LogP contribution in [0.25, 0.3) is 0 Å². The second-order valence-electron chi connectivity index (χ2n) is 17.0. The normalized spacial score (nSPS) is 28.2. The molecule has 3 saturated heterocycles. The summed E-state index contributed by atoms with van der Waals surface area (Å²) in [6.45, 7) is 23.0. The highest BCUT2D eigenvalue weighted by atomic mass is 32.1. The largest absolute Gasteiger partial charge is 0.462 e. The molecular formula is C32H57N3O8S. The second kappa shape index (κ2) is 12.3. The van der Waals surface area contributed by atoms with Crippen molar-refractivity contribution in [3.63, 3.8) is 0 Å². The number of carbonyl (C=O) groups excluding carboxylic acids is 3. The molecule has 0 spiro atoms. The number of piperidine rings is 3. The number of hydroxylamine groups is 4. The molecule has 12 heteroatoms. The van der Waals surface area contributed by atoms with E-state index in [9.17, 15) is 24.8 Å². The van der Waals surface area contributed by atoms with Crippen LogP contribution in [0.15, 0.2) is 0 Å². The van der Waals surface area contributed by atoms with Crippen molar-refractivity contribution in [1.29, 1.82) is 0 Å². The number of nitrogens with zero attached hydrogens (tertiary/aromatic N) is 3. The van der Waals surface area contributed by atoms with Crippen molar-refractivity contribution in [3.8, 4) is 0 Å². The average Bonchev–Trinajstić information content (AvgIpc) is 2.81. The zero-order valence-electron chi connectivity index (χ0n) is 28.9. The summed E-state index contributed by atoms with van der Waals surface area (Å²) >= 11 is 4.69. The third-order valence-corrected chi connectivity index (χ3v) is 10.7. The van der Waals surface area contributed by atoms with Crippen molar-refractivity contribution in [2.45, 2.75) is 180 Å². The van der Waals surface area contributed by atoms with Crippen molar-refractivity contribution < 1.29 is 39.0 Å². The van der Waals surface area contributed by atoms with Gasteiger partial charge < -0.3 is 24.6 Å². The highest BCUT2D eigenvalue weighted by Crippen LogP contribution is 2.42. The van der Waals surface area contributed by atoms with Gasteiger partial charge >= 0.3 is 17.9 Å². The van der Waals surface area contributed by atoms with E-state index in [1.54, 1.807) is 0 Å². The molecule has 11 nitrogen and oxygen atoms in total. The Hall–Kier alpha value is -1.44. The first-order chi connectivity index (χ1) is 19.7. The quantitative estimate of drug-likeness (QED) is 0.144. The minimum Gasteiger partial charge on any atom is -0.462 e. The van der Waals surface area contributed by atoms with Gasteiger partial charge in [0.2, 0.25) is 0 Å². The summed E-state index contributed by atoms with van der Waals surface area (Å²) in [6.07, 6.45) is 0.342. The molecule has 2 N–H and O–H groups in total. The molecule has 1 atom stereocenters. The van der Waals surface area contributed by atoms with E-state index >= 15 is 0 Å². The van der Waals surface area contributed by atoms with Crippen LogP contribution in [0.2, 0.25) is 0 Å². The molecule has 0 saturated carbocycles. The first-order valence-corrected chi connectivity index (χ1v) is 16.2. The SMILES string of the molecule is CC1(C)CC(OC(=O)CC(C(=O)OC2CC(C)(C)N(O)C(C)(C)C2)C(=O)OC2CC(C)(C)N(S)C(C)(C)C2)CC(C)(C)N1O. The van der Waals surface area contributed by atoms with E-state index in [1.807, 2.05) is 87.4 Å². The zero-order chi connectivity index (χ0) is 33.8. The lowest BCUT2D eigenvalue weighted by atomic mass is 9.80. The van der Waals surface area contributed by atoms with Gasteiger partial charge in [0, 0.05) is 71.8 Å². The van der Waals surface area contributed by atoms with Gasteiger partial charge in [-0.15, -0.1) is 0 Å². The molecule has 3 heterocycles. The Morgan fingerprint density at radius 2 is 0.864 bits per heavy atom.